The number of rotatable bonds is 3. The van der Waals surface area contributed by atoms with Crippen LogP contribution in [0.3, 0.4) is 0 Å². The Bertz CT molecular complexity index is 1000. The van der Waals surface area contributed by atoms with E-state index in [-0.39, 0.29) is 40.6 Å². The third-order valence-electron chi connectivity index (χ3n) is 9.37. The van der Waals surface area contributed by atoms with Gasteiger partial charge in [-0.15, -0.1) is 6.58 Å². The topological polar surface area (TPSA) is 46.6 Å². The molecule has 3 aliphatic rings. The summed E-state index contributed by atoms with van der Waals surface area (Å²) in [6.45, 7) is 21.9. The monoisotopic (exact) mass is 453 g/mol. The van der Waals surface area contributed by atoms with Gasteiger partial charge in [-0.3, -0.25) is 9.59 Å². The summed E-state index contributed by atoms with van der Waals surface area (Å²) < 4.78 is 7.05. The van der Waals surface area contributed by atoms with E-state index in [0.717, 1.165) is 16.8 Å². The molecule has 0 aromatic heterocycles. The number of carbonyl (C=O) groups is 2. The van der Waals surface area contributed by atoms with Crippen molar-refractivity contribution in [2.75, 3.05) is 11.9 Å². The summed E-state index contributed by atoms with van der Waals surface area (Å²) >= 11 is 0. The van der Waals surface area contributed by atoms with Crippen molar-refractivity contribution in [3.8, 4) is 0 Å². The molecular formula is C27H39NO3Si. The zero-order chi connectivity index (χ0) is 24.0. The molecule has 0 saturated heterocycles. The summed E-state index contributed by atoms with van der Waals surface area (Å²) in [7, 11) is -0.237. The Morgan fingerprint density at radius 3 is 2.34 bits per heavy atom. The van der Waals surface area contributed by atoms with Crippen LogP contribution < -0.4 is 4.90 Å². The number of carbonyl (C=O) groups excluding carboxylic acids is 2. The number of amides is 1. The average molecular weight is 454 g/mol. The first-order chi connectivity index (χ1) is 14.6. The van der Waals surface area contributed by atoms with Crippen LogP contribution in [0.2, 0.25) is 18.1 Å². The number of hydrogen-bond acceptors (Lipinski definition) is 3. The molecule has 5 heteroatoms. The summed E-state index contributed by atoms with van der Waals surface area (Å²) in [6.07, 6.45) is 2.47. The van der Waals surface area contributed by atoms with E-state index in [1.54, 1.807) is 4.90 Å². The molecule has 4 rings (SSSR count). The Balaban J connectivity index is 1.96. The van der Waals surface area contributed by atoms with Gasteiger partial charge in [-0.2, -0.15) is 0 Å². The quantitative estimate of drug-likeness (QED) is 0.414. The Morgan fingerprint density at radius 1 is 1.16 bits per heavy atom. The lowest BCUT2D eigenvalue weighted by molar-refractivity contribution is -0.141. The van der Waals surface area contributed by atoms with Gasteiger partial charge >= 0.3 is 0 Å². The highest BCUT2D eigenvalue weighted by Gasteiger charge is 2.63. The number of fused-ring (bicyclic) bond motifs is 3. The van der Waals surface area contributed by atoms with Gasteiger partial charge < -0.3 is 9.33 Å². The van der Waals surface area contributed by atoms with Gasteiger partial charge in [0.2, 0.25) is 5.91 Å². The predicted molar refractivity (Wildman–Crippen MR) is 133 cm³/mol. The molecule has 1 aromatic rings. The van der Waals surface area contributed by atoms with E-state index in [2.05, 4.69) is 67.3 Å². The van der Waals surface area contributed by atoms with Gasteiger partial charge in [0, 0.05) is 24.1 Å². The molecule has 1 aliphatic heterocycles. The molecule has 1 heterocycles. The van der Waals surface area contributed by atoms with Gasteiger partial charge in [0.25, 0.3) is 0 Å². The number of likely N-dealkylation sites (N-methyl/N-ethyl adjacent to an activating group) is 1. The van der Waals surface area contributed by atoms with Crippen molar-refractivity contribution in [1.29, 1.82) is 0 Å². The highest BCUT2D eigenvalue weighted by Crippen LogP contribution is 2.63. The van der Waals surface area contributed by atoms with Gasteiger partial charge in [0.05, 0.1) is 17.9 Å². The fourth-order valence-corrected chi connectivity index (χ4v) is 7.56. The number of hydrogen-bond donors (Lipinski definition) is 0. The van der Waals surface area contributed by atoms with Crippen molar-refractivity contribution in [2.24, 2.45) is 16.7 Å². The maximum atomic E-state index is 14.1. The number of Topliss-reactive ketones (excluding diaryl/α,β-unsaturated/α-hetero) is 1. The van der Waals surface area contributed by atoms with Crippen LogP contribution in [0.5, 0.6) is 0 Å². The molecule has 1 amide bonds. The van der Waals surface area contributed by atoms with Gasteiger partial charge in [-0.05, 0) is 47.2 Å². The molecule has 5 atom stereocenters. The Hall–Kier alpha value is -1.72. The number of anilines is 1. The second-order valence-corrected chi connectivity index (χ2v) is 17.2. The van der Waals surface area contributed by atoms with E-state index in [1.165, 1.54) is 0 Å². The minimum atomic E-state index is -2.09. The zero-order valence-electron chi connectivity index (χ0n) is 21.2. The molecule has 2 bridgehead atoms. The third kappa shape index (κ3) is 2.89. The van der Waals surface area contributed by atoms with Gasteiger partial charge in [0.1, 0.15) is 5.78 Å². The van der Waals surface area contributed by atoms with Crippen molar-refractivity contribution in [1.82, 2.24) is 0 Å². The largest absolute Gasteiger partial charge is 0.413 e. The van der Waals surface area contributed by atoms with Crippen molar-refractivity contribution in [2.45, 2.75) is 84.0 Å². The normalized spacial score (nSPS) is 33.7. The lowest BCUT2D eigenvalue weighted by Crippen LogP contribution is -2.56. The highest BCUT2D eigenvalue weighted by atomic mass is 28.4. The summed E-state index contributed by atoms with van der Waals surface area (Å²) in [5, 5.41) is 0.0644. The maximum Gasteiger partial charge on any atom is 0.234 e. The van der Waals surface area contributed by atoms with Crippen LogP contribution in [-0.4, -0.2) is 33.2 Å². The van der Waals surface area contributed by atoms with Crippen LogP contribution in [0.1, 0.15) is 70.9 Å². The third-order valence-corrected chi connectivity index (χ3v) is 13.9. The van der Waals surface area contributed by atoms with E-state index in [9.17, 15) is 9.59 Å². The van der Waals surface area contributed by atoms with E-state index >= 15 is 0 Å². The standard InChI is InChI=1S/C27H39NO3Si/c1-11-27(7)19(31-32(9,10)25(2,3)4)15-17-23(29)21(27)16-13-12-14-18-20(16)22(26(17,5)6)24(30)28(18)8/h11-14,17,19,21-22H,1,15H2,2-10H3/t17-,19-,21-,22?,27+/m0/s1. The van der Waals surface area contributed by atoms with Crippen molar-refractivity contribution >= 4 is 25.7 Å². The van der Waals surface area contributed by atoms with Crippen LogP contribution >= 0.6 is 0 Å². The second-order valence-electron chi connectivity index (χ2n) is 12.5. The molecule has 2 aliphatic carbocycles. The molecule has 1 saturated carbocycles. The average Bonchev–Trinajstić information content (AvgIpc) is 2.92. The molecular weight excluding hydrogens is 414 g/mol. The SMILES string of the molecule is C=C[C@]1(C)[C@@H](O[Si](C)(C)C(C)(C)C)C[C@H]2C(=O)[C@@H]1c1cccc3c1C(C(=O)N3C)C2(C)C. The molecule has 174 valence electrons. The van der Waals surface area contributed by atoms with Gasteiger partial charge in [-0.1, -0.05) is 59.8 Å². The number of ketones is 1. The number of benzene rings is 1. The first-order valence-corrected chi connectivity index (χ1v) is 14.8. The van der Waals surface area contributed by atoms with E-state index in [1.807, 2.05) is 25.3 Å². The van der Waals surface area contributed by atoms with Crippen LogP contribution in [0.25, 0.3) is 0 Å². The van der Waals surface area contributed by atoms with E-state index < -0.39 is 19.1 Å². The first-order valence-electron chi connectivity index (χ1n) is 11.8. The fraction of sp³-hybridized carbons (Fsp3) is 0.630. The van der Waals surface area contributed by atoms with Crippen LogP contribution in [0.4, 0.5) is 5.69 Å². The Morgan fingerprint density at radius 2 is 1.78 bits per heavy atom. The minimum Gasteiger partial charge on any atom is -0.413 e. The van der Waals surface area contributed by atoms with Crippen molar-refractivity contribution < 1.29 is 14.0 Å². The van der Waals surface area contributed by atoms with E-state index in [0.29, 0.717) is 6.42 Å². The van der Waals surface area contributed by atoms with Crippen LogP contribution in [0.15, 0.2) is 30.9 Å². The summed E-state index contributed by atoms with van der Waals surface area (Å²) in [5.74, 6) is -0.563. The zero-order valence-corrected chi connectivity index (χ0v) is 22.2. The highest BCUT2D eigenvalue weighted by molar-refractivity contribution is 6.74. The summed E-state index contributed by atoms with van der Waals surface area (Å²) in [5.41, 5.74) is 1.96. The molecule has 0 N–H and O–H groups in total. The minimum absolute atomic E-state index is 0.0644. The van der Waals surface area contributed by atoms with Crippen LogP contribution in [-0.2, 0) is 14.0 Å². The molecule has 1 fully saturated rings. The van der Waals surface area contributed by atoms with Crippen molar-refractivity contribution in [3.63, 3.8) is 0 Å². The number of nitrogens with zero attached hydrogens (tertiary/aromatic N) is 1. The molecule has 32 heavy (non-hydrogen) atoms. The lowest BCUT2D eigenvalue weighted by atomic mass is 9.56. The lowest BCUT2D eigenvalue weighted by Gasteiger charge is -2.53. The van der Waals surface area contributed by atoms with E-state index in [4.69, 9.17) is 4.43 Å². The first kappa shape index (κ1) is 23.4. The molecule has 0 spiro atoms. The maximum absolute atomic E-state index is 14.1. The molecule has 0 radical (unpaired) electrons. The second kappa shape index (κ2) is 6.89. The fourth-order valence-electron chi connectivity index (χ4n) is 6.15. The van der Waals surface area contributed by atoms with Crippen LogP contribution in [0, 0.1) is 16.7 Å². The van der Waals surface area contributed by atoms with Crippen molar-refractivity contribution in [3.05, 3.63) is 42.0 Å². The Labute approximate surface area is 194 Å². The molecule has 1 aromatic carbocycles. The van der Waals surface area contributed by atoms with Gasteiger partial charge in [0.15, 0.2) is 8.32 Å². The summed E-state index contributed by atoms with van der Waals surface area (Å²) in [4.78, 5) is 29.4. The summed E-state index contributed by atoms with van der Waals surface area (Å²) in [6, 6.07) is 6.07. The Kier molecular flexibility index (Phi) is 5.05. The molecule has 1 unspecified atom stereocenters. The smallest absolute Gasteiger partial charge is 0.234 e. The van der Waals surface area contributed by atoms with Gasteiger partial charge in [-0.25, -0.2) is 0 Å². The molecule has 4 nitrogen and oxygen atoms in total. The predicted octanol–water partition coefficient (Wildman–Crippen LogP) is 6.04.